The van der Waals surface area contributed by atoms with Gasteiger partial charge in [0.1, 0.15) is 0 Å². The van der Waals surface area contributed by atoms with Crippen molar-refractivity contribution in [2.75, 3.05) is 0 Å². The van der Waals surface area contributed by atoms with Crippen molar-refractivity contribution < 1.29 is 10.4 Å². The zero-order valence-corrected chi connectivity index (χ0v) is 13.7. The predicted molar refractivity (Wildman–Crippen MR) is 90.7 cm³/mol. The summed E-state index contributed by atoms with van der Waals surface area (Å²) < 4.78 is 2.84. The Hall–Kier alpha value is -1.41. The fourth-order valence-corrected chi connectivity index (χ4v) is 2.96. The molecular formula is C16H15IN2O2. The zero-order valence-electron chi connectivity index (χ0n) is 11.5. The molecule has 0 aliphatic carbocycles. The Morgan fingerprint density at radius 2 is 1.95 bits per heavy atom. The molecule has 2 N–H and O–H groups in total. The Labute approximate surface area is 136 Å². The lowest BCUT2D eigenvalue weighted by atomic mass is 10.1. The van der Waals surface area contributed by atoms with Crippen LogP contribution in [0.1, 0.15) is 12.5 Å². The van der Waals surface area contributed by atoms with Crippen LogP contribution in [0, 0.1) is 8.78 Å². The molecule has 21 heavy (non-hydrogen) atoms. The van der Waals surface area contributed by atoms with Crippen LogP contribution < -0.4 is 5.23 Å². The molecule has 108 valence electrons. The number of quaternary nitrogens is 1. The molecule has 4 nitrogen and oxygen atoms in total. The molecule has 0 amide bonds. The summed E-state index contributed by atoms with van der Waals surface area (Å²) in [6.07, 6.45) is 5.15. The van der Waals surface area contributed by atoms with Crippen molar-refractivity contribution in [2.24, 2.45) is 0 Å². The molecule has 0 saturated heterocycles. The van der Waals surface area contributed by atoms with Crippen molar-refractivity contribution in [1.29, 1.82) is 0 Å². The maximum atomic E-state index is 11.3. The van der Waals surface area contributed by atoms with Gasteiger partial charge in [-0.3, -0.25) is 0 Å². The topological polar surface area (TPSA) is 52.1 Å². The van der Waals surface area contributed by atoms with Crippen molar-refractivity contribution in [3.8, 4) is 11.1 Å². The number of rotatable bonds is 3. The summed E-state index contributed by atoms with van der Waals surface area (Å²) in [6.45, 7) is 2.13. The molecule has 1 aromatic carbocycles. The minimum atomic E-state index is -0.890. The van der Waals surface area contributed by atoms with Crippen LogP contribution in [0.5, 0.6) is 0 Å². The largest absolute Gasteiger partial charge is 0.595 e. The minimum Gasteiger partial charge on any atom is -0.595 e. The van der Waals surface area contributed by atoms with Crippen molar-refractivity contribution in [3.63, 3.8) is 0 Å². The first kappa shape index (κ1) is 14.5. The number of halogens is 1. The van der Waals surface area contributed by atoms with Crippen molar-refractivity contribution in [3.05, 3.63) is 63.1 Å². The molecule has 0 bridgehead atoms. The molecule has 0 saturated carbocycles. The normalized spacial score (nSPS) is 12.8. The standard InChI is InChI=1S/C16H15IN2O2/c1-2-11-3-5-14-7-13(10-18(14)9-11)12-4-6-15(17)16(8-12)19(20)21/h3-10,19-20H,2H2,1H3. The lowest BCUT2D eigenvalue weighted by Gasteiger charge is -2.14. The van der Waals surface area contributed by atoms with E-state index < -0.39 is 5.23 Å². The summed E-state index contributed by atoms with van der Waals surface area (Å²) in [4.78, 5) is 0. The number of fused-ring (bicyclic) bond motifs is 1. The van der Waals surface area contributed by atoms with E-state index in [1.54, 1.807) is 6.07 Å². The number of hydrogen-bond acceptors (Lipinski definition) is 2. The van der Waals surface area contributed by atoms with Gasteiger partial charge in [-0.15, -0.1) is 0 Å². The summed E-state index contributed by atoms with van der Waals surface area (Å²) in [5.41, 5.74) is 4.69. The van der Waals surface area contributed by atoms with Gasteiger partial charge in [0.05, 0.1) is 3.57 Å². The first-order valence-corrected chi connectivity index (χ1v) is 7.80. The summed E-state index contributed by atoms with van der Waals surface area (Å²) >= 11 is 2.05. The van der Waals surface area contributed by atoms with Crippen molar-refractivity contribution in [1.82, 2.24) is 4.40 Å². The van der Waals surface area contributed by atoms with Crippen LogP contribution in [0.3, 0.4) is 0 Å². The average Bonchev–Trinajstić information content (AvgIpc) is 2.90. The third-order valence-electron chi connectivity index (χ3n) is 3.59. The van der Waals surface area contributed by atoms with Crippen molar-refractivity contribution >= 4 is 33.8 Å². The van der Waals surface area contributed by atoms with E-state index in [9.17, 15) is 10.4 Å². The van der Waals surface area contributed by atoms with Gasteiger partial charge >= 0.3 is 0 Å². The highest BCUT2D eigenvalue weighted by Gasteiger charge is 2.10. The molecule has 3 aromatic rings. The van der Waals surface area contributed by atoms with Crippen LogP contribution in [0.4, 0.5) is 5.69 Å². The van der Waals surface area contributed by atoms with Gasteiger partial charge in [0.2, 0.25) is 0 Å². The highest BCUT2D eigenvalue weighted by atomic mass is 127. The zero-order chi connectivity index (χ0) is 15.0. The van der Waals surface area contributed by atoms with Crippen LogP contribution >= 0.6 is 22.6 Å². The van der Waals surface area contributed by atoms with E-state index in [0.29, 0.717) is 5.69 Å². The number of hydrogen-bond donors (Lipinski definition) is 2. The van der Waals surface area contributed by atoms with Crippen LogP contribution in [0.15, 0.2) is 48.8 Å². The van der Waals surface area contributed by atoms with Gasteiger partial charge in [0.15, 0.2) is 5.69 Å². The fourth-order valence-electron chi connectivity index (χ4n) is 2.39. The van der Waals surface area contributed by atoms with Crippen LogP contribution in [0.2, 0.25) is 0 Å². The highest BCUT2D eigenvalue weighted by molar-refractivity contribution is 14.1. The summed E-state index contributed by atoms with van der Waals surface area (Å²) in [7, 11) is 0. The lowest BCUT2D eigenvalue weighted by molar-refractivity contribution is -0.991. The molecule has 5 heteroatoms. The molecule has 1 atom stereocenters. The maximum absolute atomic E-state index is 11.3. The Balaban J connectivity index is 2.09. The van der Waals surface area contributed by atoms with Gasteiger partial charge < -0.3 is 9.61 Å². The molecule has 0 spiro atoms. The smallest absolute Gasteiger partial charge is 0.177 e. The van der Waals surface area contributed by atoms with E-state index >= 15 is 0 Å². The van der Waals surface area contributed by atoms with Crippen LogP contribution in [-0.2, 0) is 6.42 Å². The number of benzene rings is 1. The molecule has 1 unspecified atom stereocenters. The summed E-state index contributed by atoms with van der Waals surface area (Å²) in [5.74, 6) is 0. The molecule has 0 aliphatic rings. The summed E-state index contributed by atoms with van der Waals surface area (Å²) in [6, 6.07) is 11.8. The molecular weight excluding hydrogens is 379 g/mol. The second kappa shape index (κ2) is 5.76. The Morgan fingerprint density at radius 1 is 1.14 bits per heavy atom. The molecule has 3 rings (SSSR count). The average molecular weight is 394 g/mol. The minimum absolute atomic E-state index is 0.345. The lowest BCUT2D eigenvalue weighted by Crippen LogP contribution is -2.99. The van der Waals surface area contributed by atoms with Gasteiger partial charge in [0, 0.05) is 29.5 Å². The monoisotopic (exact) mass is 394 g/mol. The van der Waals surface area contributed by atoms with Crippen LogP contribution in [-0.4, -0.2) is 9.61 Å². The van der Waals surface area contributed by atoms with Gasteiger partial charge in [-0.1, -0.05) is 19.1 Å². The third-order valence-corrected chi connectivity index (χ3v) is 4.53. The molecule has 0 radical (unpaired) electrons. The number of aromatic nitrogens is 1. The SMILES string of the molecule is CCc1ccc2cc(-c3ccc(I)c([NH+]([O-])O)c3)cn2c1. The molecule has 0 fully saturated rings. The van der Waals surface area contributed by atoms with Crippen LogP contribution in [0.25, 0.3) is 16.6 Å². The van der Waals surface area contributed by atoms with Crippen molar-refractivity contribution in [2.45, 2.75) is 13.3 Å². The molecule has 2 aromatic heterocycles. The second-order valence-corrected chi connectivity index (χ2v) is 6.11. The van der Waals surface area contributed by atoms with E-state index in [2.05, 4.69) is 35.7 Å². The van der Waals surface area contributed by atoms with E-state index in [-0.39, 0.29) is 0 Å². The second-order valence-electron chi connectivity index (χ2n) is 4.95. The first-order valence-electron chi connectivity index (χ1n) is 6.72. The number of pyridine rings is 1. The Morgan fingerprint density at radius 3 is 2.67 bits per heavy atom. The quantitative estimate of drug-likeness (QED) is 0.530. The molecule has 0 aliphatic heterocycles. The third kappa shape index (κ3) is 2.82. The van der Waals surface area contributed by atoms with Gasteiger partial charge in [-0.05, 0) is 58.3 Å². The Kier molecular flexibility index (Phi) is 3.99. The van der Waals surface area contributed by atoms with E-state index in [4.69, 9.17) is 0 Å². The first-order chi connectivity index (χ1) is 10.1. The highest BCUT2D eigenvalue weighted by Crippen LogP contribution is 2.27. The van der Waals surface area contributed by atoms with E-state index in [0.717, 1.165) is 26.6 Å². The van der Waals surface area contributed by atoms with Gasteiger partial charge in [-0.25, -0.2) is 5.21 Å². The van der Waals surface area contributed by atoms with E-state index in [1.807, 2.05) is 40.9 Å². The number of nitrogens with zero attached hydrogens (tertiary/aromatic N) is 1. The Bertz CT molecular complexity index is 796. The summed E-state index contributed by atoms with van der Waals surface area (Å²) in [5, 5.41) is 19.6. The molecule has 2 heterocycles. The fraction of sp³-hybridized carbons (Fsp3) is 0.125. The van der Waals surface area contributed by atoms with Gasteiger partial charge in [-0.2, -0.15) is 5.23 Å². The van der Waals surface area contributed by atoms with E-state index in [1.165, 1.54) is 5.56 Å². The van der Waals surface area contributed by atoms with Gasteiger partial charge in [0.25, 0.3) is 0 Å². The number of aryl methyl sites for hydroxylation is 1. The maximum Gasteiger partial charge on any atom is 0.177 e. The predicted octanol–water partition coefficient (Wildman–Crippen LogP) is 3.18. The number of nitrogens with one attached hydrogen (secondary N) is 1.